The van der Waals surface area contributed by atoms with Gasteiger partial charge in [-0.05, 0) is 31.4 Å². The molecule has 15 heavy (non-hydrogen) atoms. The van der Waals surface area contributed by atoms with Crippen LogP contribution < -0.4 is 5.73 Å². The number of unbranched alkanes of at least 4 members (excludes halogenated alkanes) is 1. The molecule has 0 aliphatic rings. The van der Waals surface area contributed by atoms with Gasteiger partial charge in [-0.25, -0.2) is 4.39 Å². The van der Waals surface area contributed by atoms with Gasteiger partial charge in [0.1, 0.15) is 5.82 Å². The standard InChI is InChI=1S/C13H20FN/c1-3-4-9-13(2,15)10-11-7-5-6-8-12(11)14/h5-8H,3-4,9-10,15H2,1-2H3. The Morgan fingerprint density at radius 3 is 2.60 bits per heavy atom. The molecule has 0 amide bonds. The van der Waals surface area contributed by atoms with Gasteiger partial charge in [0, 0.05) is 5.54 Å². The maximum atomic E-state index is 13.4. The molecule has 1 aromatic carbocycles. The van der Waals surface area contributed by atoms with Gasteiger partial charge in [-0.2, -0.15) is 0 Å². The van der Waals surface area contributed by atoms with Crippen molar-refractivity contribution >= 4 is 0 Å². The first-order chi connectivity index (χ1) is 7.05. The Balaban J connectivity index is 2.64. The molecule has 1 nitrogen and oxygen atoms in total. The van der Waals surface area contributed by atoms with Gasteiger partial charge in [-0.3, -0.25) is 0 Å². The molecule has 0 aliphatic carbocycles. The first-order valence-electron chi connectivity index (χ1n) is 5.57. The molecule has 2 heteroatoms. The van der Waals surface area contributed by atoms with E-state index < -0.39 is 0 Å². The Hall–Kier alpha value is -0.890. The number of benzene rings is 1. The topological polar surface area (TPSA) is 26.0 Å². The number of nitrogens with two attached hydrogens (primary N) is 1. The zero-order valence-electron chi connectivity index (χ0n) is 9.59. The van der Waals surface area contributed by atoms with E-state index >= 15 is 0 Å². The summed E-state index contributed by atoms with van der Waals surface area (Å²) in [6.45, 7) is 4.13. The van der Waals surface area contributed by atoms with E-state index in [0.29, 0.717) is 6.42 Å². The zero-order valence-corrected chi connectivity index (χ0v) is 9.59. The molecule has 0 saturated heterocycles. The summed E-state index contributed by atoms with van der Waals surface area (Å²) in [5.74, 6) is -0.148. The second-order valence-electron chi connectivity index (χ2n) is 4.53. The molecule has 1 rings (SSSR count). The third-order valence-corrected chi connectivity index (χ3v) is 2.65. The summed E-state index contributed by atoms with van der Waals surface area (Å²) in [6, 6.07) is 6.87. The maximum Gasteiger partial charge on any atom is 0.126 e. The minimum atomic E-state index is -0.293. The molecule has 0 spiro atoms. The molecule has 0 fully saturated rings. The van der Waals surface area contributed by atoms with Crippen LogP contribution in [-0.4, -0.2) is 5.54 Å². The Morgan fingerprint density at radius 1 is 1.33 bits per heavy atom. The fourth-order valence-corrected chi connectivity index (χ4v) is 1.75. The van der Waals surface area contributed by atoms with Crippen LogP contribution >= 0.6 is 0 Å². The number of hydrogen-bond donors (Lipinski definition) is 1. The highest BCUT2D eigenvalue weighted by atomic mass is 19.1. The lowest BCUT2D eigenvalue weighted by Gasteiger charge is -2.24. The van der Waals surface area contributed by atoms with Crippen LogP contribution in [0.25, 0.3) is 0 Å². The highest BCUT2D eigenvalue weighted by Gasteiger charge is 2.19. The van der Waals surface area contributed by atoms with Crippen molar-refractivity contribution in [2.75, 3.05) is 0 Å². The smallest absolute Gasteiger partial charge is 0.126 e. The van der Waals surface area contributed by atoms with Crippen LogP contribution in [0, 0.1) is 5.82 Å². The molecule has 1 atom stereocenters. The Morgan fingerprint density at radius 2 is 2.00 bits per heavy atom. The molecule has 0 radical (unpaired) electrons. The SMILES string of the molecule is CCCCC(C)(N)Cc1ccccc1F. The number of halogens is 1. The Labute approximate surface area is 91.5 Å². The molecule has 0 aromatic heterocycles. The molecule has 2 N–H and O–H groups in total. The lowest BCUT2D eigenvalue weighted by atomic mass is 9.89. The summed E-state index contributed by atoms with van der Waals surface area (Å²) < 4.78 is 13.4. The van der Waals surface area contributed by atoms with E-state index in [4.69, 9.17) is 5.73 Å². The molecular formula is C13H20FN. The summed E-state index contributed by atoms with van der Waals surface area (Å²) in [5.41, 5.74) is 6.56. The average molecular weight is 209 g/mol. The summed E-state index contributed by atoms with van der Waals surface area (Å²) in [7, 11) is 0. The lowest BCUT2D eigenvalue weighted by Crippen LogP contribution is -2.38. The first kappa shape index (κ1) is 12.2. The van der Waals surface area contributed by atoms with Crippen molar-refractivity contribution in [1.29, 1.82) is 0 Å². The summed E-state index contributed by atoms with van der Waals surface area (Å²) in [5, 5.41) is 0. The highest BCUT2D eigenvalue weighted by molar-refractivity contribution is 5.19. The van der Waals surface area contributed by atoms with E-state index in [1.54, 1.807) is 6.07 Å². The van der Waals surface area contributed by atoms with Crippen molar-refractivity contribution in [2.24, 2.45) is 5.73 Å². The van der Waals surface area contributed by atoms with E-state index in [2.05, 4.69) is 6.92 Å². The number of rotatable bonds is 5. The largest absolute Gasteiger partial charge is 0.325 e. The molecule has 0 aliphatic heterocycles. The molecule has 0 bridgehead atoms. The molecule has 1 unspecified atom stereocenters. The van der Waals surface area contributed by atoms with Gasteiger partial charge in [0.15, 0.2) is 0 Å². The van der Waals surface area contributed by atoms with Crippen molar-refractivity contribution in [3.63, 3.8) is 0 Å². The van der Waals surface area contributed by atoms with Crippen molar-refractivity contribution in [3.05, 3.63) is 35.6 Å². The maximum absolute atomic E-state index is 13.4. The van der Waals surface area contributed by atoms with E-state index in [1.165, 1.54) is 6.07 Å². The zero-order chi connectivity index (χ0) is 11.3. The summed E-state index contributed by atoms with van der Waals surface area (Å²) in [4.78, 5) is 0. The second kappa shape index (κ2) is 5.26. The van der Waals surface area contributed by atoms with Gasteiger partial charge in [0.2, 0.25) is 0 Å². The minimum Gasteiger partial charge on any atom is -0.325 e. The second-order valence-corrected chi connectivity index (χ2v) is 4.53. The summed E-state index contributed by atoms with van der Waals surface area (Å²) in [6.07, 6.45) is 3.78. The highest BCUT2D eigenvalue weighted by Crippen LogP contribution is 2.18. The first-order valence-corrected chi connectivity index (χ1v) is 5.57. The predicted molar refractivity (Wildman–Crippen MR) is 62.2 cm³/mol. The third kappa shape index (κ3) is 4.00. The van der Waals surface area contributed by atoms with Crippen LogP contribution in [0.4, 0.5) is 4.39 Å². The minimum absolute atomic E-state index is 0.148. The van der Waals surface area contributed by atoms with Gasteiger partial charge < -0.3 is 5.73 Å². The predicted octanol–water partition coefficient (Wildman–Crippen LogP) is 3.28. The van der Waals surface area contributed by atoms with Crippen molar-refractivity contribution in [3.8, 4) is 0 Å². The normalized spacial score (nSPS) is 14.9. The fourth-order valence-electron chi connectivity index (χ4n) is 1.75. The van der Waals surface area contributed by atoms with Crippen LogP contribution in [0.1, 0.15) is 38.7 Å². The van der Waals surface area contributed by atoms with Crippen molar-refractivity contribution in [1.82, 2.24) is 0 Å². The van der Waals surface area contributed by atoms with Crippen LogP contribution in [-0.2, 0) is 6.42 Å². The van der Waals surface area contributed by atoms with E-state index in [1.807, 2.05) is 19.1 Å². The van der Waals surface area contributed by atoms with Crippen molar-refractivity contribution < 1.29 is 4.39 Å². The van der Waals surface area contributed by atoms with E-state index in [9.17, 15) is 4.39 Å². The van der Waals surface area contributed by atoms with Crippen molar-refractivity contribution in [2.45, 2.75) is 45.1 Å². The van der Waals surface area contributed by atoms with Crippen LogP contribution in [0.3, 0.4) is 0 Å². The van der Waals surface area contributed by atoms with Crippen LogP contribution in [0.2, 0.25) is 0 Å². The van der Waals surface area contributed by atoms with E-state index in [0.717, 1.165) is 24.8 Å². The van der Waals surface area contributed by atoms with Gasteiger partial charge in [0.25, 0.3) is 0 Å². The molecule has 0 saturated carbocycles. The fraction of sp³-hybridized carbons (Fsp3) is 0.538. The van der Waals surface area contributed by atoms with Gasteiger partial charge >= 0.3 is 0 Å². The lowest BCUT2D eigenvalue weighted by molar-refractivity contribution is 0.406. The Bertz CT molecular complexity index is 307. The van der Waals surface area contributed by atoms with Crippen LogP contribution in [0.5, 0.6) is 0 Å². The number of hydrogen-bond acceptors (Lipinski definition) is 1. The third-order valence-electron chi connectivity index (χ3n) is 2.65. The molecule has 0 heterocycles. The van der Waals surface area contributed by atoms with E-state index in [-0.39, 0.29) is 11.4 Å². The molecule has 1 aromatic rings. The monoisotopic (exact) mass is 209 g/mol. The summed E-state index contributed by atoms with van der Waals surface area (Å²) >= 11 is 0. The Kier molecular flexibility index (Phi) is 4.28. The van der Waals surface area contributed by atoms with Gasteiger partial charge in [0.05, 0.1) is 0 Å². The van der Waals surface area contributed by atoms with Gasteiger partial charge in [-0.1, -0.05) is 38.0 Å². The average Bonchev–Trinajstić information content (AvgIpc) is 2.18. The van der Waals surface area contributed by atoms with Gasteiger partial charge in [-0.15, -0.1) is 0 Å². The van der Waals surface area contributed by atoms with Crippen LogP contribution in [0.15, 0.2) is 24.3 Å². The molecule has 84 valence electrons. The quantitative estimate of drug-likeness (QED) is 0.791. The molecular weight excluding hydrogens is 189 g/mol.